The Kier molecular flexibility index (Phi) is 3.20. The van der Waals surface area contributed by atoms with Gasteiger partial charge >= 0.3 is 6.92 Å². The van der Waals surface area contributed by atoms with E-state index >= 15 is 0 Å². The highest BCUT2D eigenvalue weighted by Crippen LogP contribution is 2.14. The minimum atomic E-state index is 0.261. The Labute approximate surface area is 109 Å². The second-order valence-electron chi connectivity index (χ2n) is 4.97. The summed E-state index contributed by atoms with van der Waals surface area (Å²) < 4.78 is 5.64. The number of aryl methyl sites for hydroxylation is 2. The highest BCUT2D eigenvalue weighted by Gasteiger charge is 2.22. The molecule has 2 aromatic carbocycles. The highest BCUT2D eigenvalue weighted by atomic mass is 16.4. The summed E-state index contributed by atoms with van der Waals surface area (Å²) in [5.74, 6) is 0. The maximum absolute atomic E-state index is 5.64. The third-order valence-electron chi connectivity index (χ3n) is 3.68. The largest absolute Gasteiger partial charge is 0.427 e. The zero-order valence-electron chi connectivity index (χ0n) is 10.7. The Hall–Kier alpha value is -1.54. The molecule has 0 N–H and O–H groups in total. The van der Waals surface area contributed by atoms with Crippen LogP contribution in [0.1, 0.15) is 16.7 Å². The highest BCUT2D eigenvalue weighted by molar-refractivity contribution is 6.67. The SMILES string of the molecule is CB1OCc2ccc(CCc3ccccc3)cc21. The van der Waals surface area contributed by atoms with Gasteiger partial charge in [0.25, 0.3) is 0 Å². The Morgan fingerprint density at radius 2 is 1.78 bits per heavy atom. The third kappa shape index (κ3) is 2.34. The van der Waals surface area contributed by atoms with Crippen molar-refractivity contribution in [1.82, 2.24) is 0 Å². The Balaban J connectivity index is 1.72. The molecule has 0 aromatic heterocycles. The van der Waals surface area contributed by atoms with Crippen LogP contribution in [0.25, 0.3) is 0 Å². The summed E-state index contributed by atoms with van der Waals surface area (Å²) in [5, 5.41) is 0. The van der Waals surface area contributed by atoms with Crippen LogP contribution >= 0.6 is 0 Å². The van der Waals surface area contributed by atoms with E-state index in [1.54, 1.807) is 0 Å². The summed E-state index contributed by atoms with van der Waals surface area (Å²) in [4.78, 5) is 0. The molecule has 0 unspecified atom stereocenters. The summed E-state index contributed by atoms with van der Waals surface area (Å²) in [6.07, 6.45) is 2.21. The molecule has 1 aliphatic heterocycles. The van der Waals surface area contributed by atoms with Crippen LogP contribution in [0.4, 0.5) is 0 Å². The summed E-state index contributed by atoms with van der Waals surface area (Å²) in [7, 11) is 0. The second-order valence-corrected chi connectivity index (χ2v) is 4.97. The van der Waals surface area contributed by atoms with Gasteiger partial charge in [0.1, 0.15) is 0 Å². The maximum Gasteiger partial charge on any atom is 0.324 e. The van der Waals surface area contributed by atoms with Crippen molar-refractivity contribution >= 4 is 12.4 Å². The molecule has 0 atom stereocenters. The van der Waals surface area contributed by atoms with Crippen molar-refractivity contribution in [2.75, 3.05) is 0 Å². The molecule has 1 heterocycles. The number of hydrogen-bond donors (Lipinski definition) is 0. The Morgan fingerprint density at radius 3 is 2.61 bits per heavy atom. The molecular formula is C16H17BO. The first-order valence-electron chi connectivity index (χ1n) is 6.60. The molecule has 2 aromatic rings. The van der Waals surface area contributed by atoms with Crippen molar-refractivity contribution in [3.8, 4) is 0 Å². The first-order chi connectivity index (χ1) is 8.83. The molecule has 0 spiro atoms. The Morgan fingerprint density at radius 1 is 1.00 bits per heavy atom. The molecule has 2 heteroatoms. The Bertz CT molecular complexity index is 536. The molecule has 18 heavy (non-hydrogen) atoms. The van der Waals surface area contributed by atoms with E-state index in [1.165, 1.54) is 22.2 Å². The van der Waals surface area contributed by atoms with Gasteiger partial charge in [-0.3, -0.25) is 0 Å². The average molecular weight is 236 g/mol. The first-order valence-corrected chi connectivity index (χ1v) is 6.60. The summed E-state index contributed by atoms with van der Waals surface area (Å²) in [6, 6.07) is 17.4. The van der Waals surface area contributed by atoms with Crippen LogP contribution in [0, 0.1) is 0 Å². The fourth-order valence-electron chi connectivity index (χ4n) is 2.55. The quantitative estimate of drug-likeness (QED) is 0.744. The number of benzene rings is 2. The topological polar surface area (TPSA) is 9.23 Å². The van der Waals surface area contributed by atoms with E-state index in [9.17, 15) is 0 Å². The van der Waals surface area contributed by atoms with Crippen molar-refractivity contribution in [2.24, 2.45) is 0 Å². The van der Waals surface area contributed by atoms with Crippen molar-refractivity contribution in [1.29, 1.82) is 0 Å². The summed E-state index contributed by atoms with van der Waals surface area (Å²) in [6.45, 7) is 3.17. The van der Waals surface area contributed by atoms with Crippen molar-refractivity contribution in [3.05, 3.63) is 65.2 Å². The predicted molar refractivity (Wildman–Crippen MR) is 76.3 cm³/mol. The fourth-order valence-corrected chi connectivity index (χ4v) is 2.55. The van der Waals surface area contributed by atoms with Crippen LogP contribution in [-0.2, 0) is 24.1 Å². The van der Waals surface area contributed by atoms with Crippen LogP contribution in [0.5, 0.6) is 0 Å². The molecule has 0 saturated heterocycles. The van der Waals surface area contributed by atoms with Gasteiger partial charge in [-0.15, -0.1) is 0 Å². The minimum Gasteiger partial charge on any atom is -0.427 e. The van der Waals surface area contributed by atoms with Crippen LogP contribution in [0.3, 0.4) is 0 Å². The summed E-state index contributed by atoms with van der Waals surface area (Å²) >= 11 is 0. The van der Waals surface area contributed by atoms with Crippen molar-refractivity contribution in [3.63, 3.8) is 0 Å². The van der Waals surface area contributed by atoms with E-state index in [2.05, 4.69) is 55.4 Å². The molecule has 0 bridgehead atoms. The van der Waals surface area contributed by atoms with Gasteiger partial charge in [0.15, 0.2) is 0 Å². The number of hydrogen-bond acceptors (Lipinski definition) is 1. The predicted octanol–water partition coefficient (Wildman–Crippen LogP) is 2.83. The van der Waals surface area contributed by atoms with E-state index < -0.39 is 0 Å². The molecule has 0 amide bonds. The molecule has 0 fully saturated rings. The van der Waals surface area contributed by atoms with Gasteiger partial charge < -0.3 is 4.65 Å². The lowest BCUT2D eigenvalue weighted by Gasteiger charge is -2.05. The monoisotopic (exact) mass is 236 g/mol. The van der Waals surface area contributed by atoms with Crippen molar-refractivity contribution in [2.45, 2.75) is 26.3 Å². The van der Waals surface area contributed by atoms with Gasteiger partial charge in [-0.05, 0) is 35.0 Å². The molecule has 1 nitrogen and oxygen atoms in total. The lowest BCUT2D eigenvalue weighted by Crippen LogP contribution is -2.24. The molecule has 1 aliphatic rings. The molecule has 0 radical (unpaired) electrons. The minimum absolute atomic E-state index is 0.261. The van der Waals surface area contributed by atoms with Crippen LogP contribution in [-0.4, -0.2) is 6.92 Å². The van der Waals surface area contributed by atoms with E-state index in [-0.39, 0.29) is 6.92 Å². The van der Waals surface area contributed by atoms with E-state index in [1.807, 2.05) is 0 Å². The molecule has 3 rings (SSSR count). The van der Waals surface area contributed by atoms with Gasteiger partial charge in [-0.25, -0.2) is 0 Å². The lowest BCUT2D eigenvalue weighted by atomic mass is 9.64. The standard InChI is InChI=1S/C16H17BO/c1-17-16-11-14(9-10-15(16)12-18-17)8-7-13-5-3-2-4-6-13/h2-6,9-11H,7-8,12H2,1H3. The van der Waals surface area contributed by atoms with Gasteiger partial charge in [-0.1, -0.05) is 55.4 Å². The third-order valence-corrected chi connectivity index (χ3v) is 3.68. The van der Waals surface area contributed by atoms with Gasteiger partial charge in [-0.2, -0.15) is 0 Å². The maximum atomic E-state index is 5.64. The van der Waals surface area contributed by atoms with Gasteiger partial charge in [0.2, 0.25) is 0 Å². The van der Waals surface area contributed by atoms with Crippen LogP contribution in [0.15, 0.2) is 48.5 Å². The van der Waals surface area contributed by atoms with Crippen LogP contribution < -0.4 is 5.46 Å². The fraction of sp³-hybridized carbons (Fsp3) is 0.250. The summed E-state index contributed by atoms with van der Waals surface area (Å²) in [5.41, 5.74) is 5.55. The average Bonchev–Trinajstić information content (AvgIpc) is 2.79. The molecule has 0 saturated carbocycles. The van der Waals surface area contributed by atoms with E-state index in [0.717, 1.165) is 19.4 Å². The van der Waals surface area contributed by atoms with Crippen molar-refractivity contribution < 1.29 is 4.65 Å². The van der Waals surface area contributed by atoms with E-state index in [0.29, 0.717) is 0 Å². The zero-order chi connectivity index (χ0) is 12.4. The van der Waals surface area contributed by atoms with E-state index in [4.69, 9.17) is 4.65 Å². The van der Waals surface area contributed by atoms with Crippen LogP contribution in [0.2, 0.25) is 6.82 Å². The molecular weight excluding hydrogens is 219 g/mol. The van der Waals surface area contributed by atoms with Gasteiger partial charge in [0, 0.05) is 0 Å². The number of fused-ring (bicyclic) bond motifs is 1. The first kappa shape index (κ1) is 11.5. The zero-order valence-corrected chi connectivity index (χ0v) is 10.7. The van der Waals surface area contributed by atoms with Gasteiger partial charge in [0.05, 0.1) is 6.61 Å². The smallest absolute Gasteiger partial charge is 0.324 e. The second kappa shape index (κ2) is 4.99. The lowest BCUT2D eigenvalue weighted by molar-refractivity contribution is 0.333. The number of rotatable bonds is 3. The molecule has 0 aliphatic carbocycles. The molecule has 90 valence electrons. The normalized spacial score (nSPS) is 13.7.